The highest BCUT2D eigenvalue weighted by molar-refractivity contribution is 5.48. The van der Waals surface area contributed by atoms with Crippen molar-refractivity contribution in [2.75, 3.05) is 39.3 Å². The first-order valence-electron chi connectivity index (χ1n) is 8.37. The van der Waals surface area contributed by atoms with E-state index in [0.717, 1.165) is 52.1 Å². The van der Waals surface area contributed by atoms with Crippen LogP contribution in [0.15, 0.2) is 48.7 Å². The number of rotatable bonds is 5. The molecule has 0 bridgehead atoms. The fourth-order valence-corrected chi connectivity index (χ4v) is 3.06. The molecule has 1 aromatic carbocycles. The van der Waals surface area contributed by atoms with E-state index in [1.54, 1.807) is 0 Å². The van der Waals surface area contributed by atoms with E-state index in [2.05, 4.69) is 58.4 Å². The Labute approximate surface area is 133 Å². The second kappa shape index (κ2) is 8.16. The Bertz CT molecular complexity index is 489. The molecule has 1 saturated heterocycles. The third kappa shape index (κ3) is 4.72. The van der Waals surface area contributed by atoms with Crippen LogP contribution in [0.3, 0.4) is 0 Å². The highest BCUT2D eigenvalue weighted by atomic mass is 16.5. The van der Waals surface area contributed by atoms with E-state index in [1.807, 2.05) is 6.26 Å². The van der Waals surface area contributed by atoms with Crippen LogP contribution >= 0.6 is 0 Å². The van der Waals surface area contributed by atoms with Gasteiger partial charge < -0.3 is 4.74 Å². The van der Waals surface area contributed by atoms with Crippen molar-refractivity contribution >= 4 is 6.08 Å². The van der Waals surface area contributed by atoms with E-state index >= 15 is 0 Å². The summed E-state index contributed by atoms with van der Waals surface area (Å²) in [6.07, 6.45) is 11.2. The van der Waals surface area contributed by atoms with Crippen LogP contribution in [0, 0.1) is 0 Å². The van der Waals surface area contributed by atoms with Crippen LogP contribution in [-0.4, -0.2) is 55.2 Å². The normalized spacial score (nSPS) is 23.7. The van der Waals surface area contributed by atoms with Crippen molar-refractivity contribution in [3.05, 3.63) is 54.3 Å². The number of nitrogens with zero attached hydrogens (tertiary/aromatic N) is 2. The molecule has 3 heteroatoms. The lowest BCUT2D eigenvalue weighted by Gasteiger charge is -2.36. The molecular formula is C19H26N2O. The number of hydrogen-bond acceptors (Lipinski definition) is 3. The Morgan fingerprint density at radius 3 is 2.55 bits per heavy atom. The summed E-state index contributed by atoms with van der Waals surface area (Å²) in [6.45, 7) is 6.75. The van der Waals surface area contributed by atoms with E-state index < -0.39 is 0 Å². The smallest absolute Gasteiger partial charge is 0.111 e. The third-order valence-corrected chi connectivity index (χ3v) is 4.42. The Balaban J connectivity index is 1.36. The molecule has 0 spiro atoms. The molecule has 2 heterocycles. The van der Waals surface area contributed by atoms with Crippen molar-refractivity contribution in [3.63, 3.8) is 0 Å². The largest absolute Gasteiger partial charge is 0.497 e. The molecule has 1 atom stereocenters. The number of piperazine rings is 1. The van der Waals surface area contributed by atoms with Crippen LogP contribution in [0.4, 0.5) is 0 Å². The van der Waals surface area contributed by atoms with E-state index in [9.17, 15) is 0 Å². The molecule has 0 amide bonds. The number of benzene rings is 1. The van der Waals surface area contributed by atoms with Gasteiger partial charge in [-0.05, 0) is 24.5 Å². The molecule has 0 saturated carbocycles. The van der Waals surface area contributed by atoms with E-state index in [1.165, 1.54) is 5.56 Å². The topological polar surface area (TPSA) is 15.7 Å². The van der Waals surface area contributed by atoms with Crippen molar-refractivity contribution in [2.45, 2.75) is 18.9 Å². The molecule has 1 fully saturated rings. The minimum atomic E-state index is 0.398. The molecular weight excluding hydrogens is 272 g/mol. The van der Waals surface area contributed by atoms with Crippen molar-refractivity contribution in [3.8, 4) is 0 Å². The van der Waals surface area contributed by atoms with Crippen LogP contribution < -0.4 is 0 Å². The first-order chi connectivity index (χ1) is 10.9. The molecule has 2 aliphatic heterocycles. The maximum Gasteiger partial charge on any atom is 0.111 e. The van der Waals surface area contributed by atoms with Gasteiger partial charge in [0.15, 0.2) is 0 Å². The highest BCUT2D eigenvalue weighted by Crippen LogP contribution is 2.13. The second-order valence-electron chi connectivity index (χ2n) is 6.12. The van der Waals surface area contributed by atoms with Crippen LogP contribution in [0.1, 0.15) is 18.4 Å². The monoisotopic (exact) mass is 298 g/mol. The average molecular weight is 298 g/mol. The van der Waals surface area contributed by atoms with Gasteiger partial charge in [-0.25, -0.2) is 0 Å². The quantitative estimate of drug-likeness (QED) is 0.831. The van der Waals surface area contributed by atoms with Crippen LogP contribution in [-0.2, 0) is 4.74 Å². The molecule has 1 aromatic rings. The zero-order valence-electron chi connectivity index (χ0n) is 13.2. The second-order valence-corrected chi connectivity index (χ2v) is 6.12. The van der Waals surface area contributed by atoms with Gasteiger partial charge in [0, 0.05) is 39.3 Å². The van der Waals surface area contributed by atoms with Gasteiger partial charge in [0.25, 0.3) is 0 Å². The third-order valence-electron chi connectivity index (χ3n) is 4.42. The molecule has 3 nitrogen and oxygen atoms in total. The molecule has 118 valence electrons. The van der Waals surface area contributed by atoms with Gasteiger partial charge >= 0.3 is 0 Å². The van der Waals surface area contributed by atoms with E-state index in [0.29, 0.717) is 6.10 Å². The van der Waals surface area contributed by atoms with Gasteiger partial charge in [0.2, 0.25) is 0 Å². The Hall–Kier alpha value is -1.58. The number of ether oxygens (including phenoxy) is 1. The van der Waals surface area contributed by atoms with E-state index in [4.69, 9.17) is 4.74 Å². The number of hydrogen-bond donors (Lipinski definition) is 0. The minimum Gasteiger partial charge on any atom is -0.497 e. The summed E-state index contributed by atoms with van der Waals surface area (Å²) in [5.74, 6) is 0. The predicted octanol–water partition coefficient (Wildman–Crippen LogP) is 3.01. The molecule has 0 radical (unpaired) electrons. The first kappa shape index (κ1) is 15.3. The summed E-state index contributed by atoms with van der Waals surface area (Å²) < 4.78 is 5.67. The zero-order valence-corrected chi connectivity index (χ0v) is 13.2. The van der Waals surface area contributed by atoms with Gasteiger partial charge in [-0.1, -0.05) is 42.5 Å². The fourth-order valence-electron chi connectivity index (χ4n) is 3.06. The molecule has 3 rings (SSSR count). The Morgan fingerprint density at radius 2 is 1.82 bits per heavy atom. The van der Waals surface area contributed by atoms with Gasteiger partial charge in [-0.15, -0.1) is 0 Å². The Kier molecular flexibility index (Phi) is 5.68. The maximum atomic E-state index is 5.67. The van der Waals surface area contributed by atoms with Crippen molar-refractivity contribution in [2.24, 2.45) is 0 Å². The van der Waals surface area contributed by atoms with Crippen LogP contribution in [0.5, 0.6) is 0 Å². The Morgan fingerprint density at radius 1 is 1.05 bits per heavy atom. The maximum absolute atomic E-state index is 5.67. The SMILES string of the molecule is C1=CO[C@@H](CN2CCN(C/C=C/c3ccccc3)CC2)CC1. The van der Waals surface area contributed by atoms with Gasteiger partial charge in [0.1, 0.15) is 6.10 Å². The lowest BCUT2D eigenvalue weighted by molar-refractivity contribution is 0.0554. The van der Waals surface area contributed by atoms with Crippen molar-refractivity contribution in [1.29, 1.82) is 0 Å². The average Bonchev–Trinajstić information content (AvgIpc) is 2.58. The molecule has 22 heavy (non-hydrogen) atoms. The first-order valence-corrected chi connectivity index (χ1v) is 8.37. The highest BCUT2D eigenvalue weighted by Gasteiger charge is 2.20. The zero-order chi connectivity index (χ0) is 15.0. The molecule has 2 aliphatic rings. The summed E-state index contributed by atoms with van der Waals surface area (Å²) in [5.41, 5.74) is 1.28. The van der Waals surface area contributed by atoms with Gasteiger partial charge in [-0.3, -0.25) is 9.80 Å². The lowest BCUT2D eigenvalue weighted by Crippen LogP contribution is -2.48. The summed E-state index contributed by atoms with van der Waals surface area (Å²) >= 11 is 0. The predicted molar refractivity (Wildman–Crippen MR) is 91.6 cm³/mol. The summed E-state index contributed by atoms with van der Waals surface area (Å²) in [7, 11) is 0. The van der Waals surface area contributed by atoms with Crippen LogP contribution in [0.25, 0.3) is 6.08 Å². The molecule has 0 aromatic heterocycles. The standard InChI is InChI=1S/C19H26N2O/c1-2-7-18(8-3-1)9-6-11-20-12-14-21(15-13-20)17-19-10-4-5-16-22-19/h1-3,5-9,16,19H,4,10-15,17H2/b9-6+/t19-/m1/s1. The number of allylic oxidation sites excluding steroid dienone is 1. The minimum absolute atomic E-state index is 0.398. The van der Waals surface area contributed by atoms with Crippen molar-refractivity contribution < 1.29 is 4.74 Å². The van der Waals surface area contributed by atoms with Crippen molar-refractivity contribution in [1.82, 2.24) is 9.80 Å². The summed E-state index contributed by atoms with van der Waals surface area (Å²) in [6, 6.07) is 10.5. The molecule has 0 unspecified atom stereocenters. The van der Waals surface area contributed by atoms with E-state index in [-0.39, 0.29) is 0 Å². The summed E-state index contributed by atoms with van der Waals surface area (Å²) in [4.78, 5) is 5.07. The van der Waals surface area contributed by atoms with Crippen LogP contribution in [0.2, 0.25) is 0 Å². The van der Waals surface area contributed by atoms with Gasteiger partial charge in [-0.2, -0.15) is 0 Å². The van der Waals surface area contributed by atoms with Gasteiger partial charge in [0.05, 0.1) is 6.26 Å². The molecule has 0 N–H and O–H groups in total. The lowest BCUT2D eigenvalue weighted by atomic mass is 10.1. The molecule has 0 aliphatic carbocycles. The summed E-state index contributed by atoms with van der Waals surface area (Å²) in [5, 5.41) is 0. The fraction of sp³-hybridized carbons (Fsp3) is 0.474.